The van der Waals surface area contributed by atoms with Crippen LogP contribution in [-0.4, -0.2) is 5.78 Å². The summed E-state index contributed by atoms with van der Waals surface area (Å²) in [7, 11) is 0. The molecule has 0 spiro atoms. The van der Waals surface area contributed by atoms with Crippen LogP contribution in [0.4, 0.5) is 13.2 Å². The first-order valence-electron chi connectivity index (χ1n) is 4.31. The van der Waals surface area contributed by atoms with Crippen molar-refractivity contribution in [3.05, 3.63) is 47.3 Å². The highest BCUT2D eigenvalue weighted by atomic mass is 19.3. The zero-order chi connectivity index (χ0) is 11.4. The molecule has 15 heavy (non-hydrogen) atoms. The van der Waals surface area contributed by atoms with E-state index >= 15 is 0 Å². The van der Waals surface area contributed by atoms with Crippen molar-refractivity contribution in [2.45, 2.75) is 13.3 Å². The van der Waals surface area contributed by atoms with Crippen LogP contribution < -0.4 is 0 Å². The summed E-state index contributed by atoms with van der Waals surface area (Å²) >= 11 is 0. The molecule has 0 fully saturated rings. The van der Waals surface area contributed by atoms with Gasteiger partial charge in [-0.15, -0.1) is 0 Å². The van der Waals surface area contributed by atoms with E-state index < -0.39 is 24.1 Å². The Morgan fingerprint density at radius 2 is 1.80 bits per heavy atom. The number of hydrogen-bond acceptors (Lipinski definition) is 1. The van der Waals surface area contributed by atoms with E-state index in [1.165, 1.54) is 6.07 Å². The Morgan fingerprint density at radius 3 is 2.33 bits per heavy atom. The lowest BCUT2D eigenvalue weighted by molar-refractivity contribution is 0.0983. The van der Waals surface area contributed by atoms with E-state index in [0.717, 1.165) is 0 Å². The third-order valence-corrected chi connectivity index (χ3v) is 1.97. The van der Waals surface area contributed by atoms with Gasteiger partial charge in [0.15, 0.2) is 11.6 Å². The molecular weight excluding hydrogens is 205 g/mol. The molecule has 0 amide bonds. The van der Waals surface area contributed by atoms with Crippen molar-refractivity contribution in [1.29, 1.82) is 0 Å². The van der Waals surface area contributed by atoms with E-state index in [9.17, 15) is 18.0 Å². The molecule has 0 aliphatic heterocycles. The number of rotatable bonds is 3. The Hall–Kier alpha value is -1.58. The van der Waals surface area contributed by atoms with Gasteiger partial charge in [-0.1, -0.05) is 24.3 Å². The van der Waals surface area contributed by atoms with Gasteiger partial charge in [-0.3, -0.25) is 4.79 Å². The van der Waals surface area contributed by atoms with Crippen molar-refractivity contribution in [2.75, 3.05) is 0 Å². The molecule has 0 N–H and O–H groups in total. The van der Waals surface area contributed by atoms with E-state index in [2.05, 4.69) is 0 Å². The molecule has 0 heterocycles. The van der Waals surface area contributed by atoms with Crippen molar-refractivity contribution in [3.63, 3.8) is 0 Å². The number of allylic oxidation sites excluding steroid dienone is 1. The maximum atomic E-state index is 12.5. The molecule has 1 aromatic carbocycles. The third kappa shape index (κ3) is 2.94. The third-order valence-electron chi connectivity index (χ3n) is 1.97. The van der Waals surface area contributed by atoms with Crippen LogP contribution in [0.15, 0.2) is 36.2 Å². The van der Waals surface area contributed by atoms with E-state index in [1.54, 1.807) is 25.1 Å². The largest absolute Gasteiger partial charge is 0.301 e. The lowest BCUT2D eigenvalue weighted by atomic mass is 10.0. The van der Waals surface area contributed by atoms with Gasteiger partial charge in [0.1, 0.15) is 0 Å². The Labute approximate surface area is 85.2 Å². The zero-order valence-electron chi connectivity index (χ0n) is 8.06. The summed E-state index contributed by atoms with van der Waals surface area (Å²) in [4.78, 5) is 11.4. The quantitative estimate of drug-likeness (QED) is 0.702. The minimum atomic E-state index is -2.43. The molecular formula is C11H9F3O. The molecule has 0 saturated carbocycles. The van der Waals surface area contributed by atoms with Crippen molar-refractivity contribution < 1.29 is 18.0 Å². The number of carbonyl (C=O) groups excluding carboxylic acids is 1. The van der Waals surface area contributed by atoms with Gasteiger partial charge in [0.2, 0.25) is 0 Å². The topological polar surface area (TPSA) is 17.1 Å². The van der Waals surface area contributed by atoms with E-state index in [-0.39, 0.29) is 5.56 Å². The normalized spacial score (nSPS) is 9.87. The Bertz CT molecular complexity index is 406. The molecule has 0 aromatic heterocycles. The number of Topliss-reactive ketones (excluding diaryl/α,β-unsaturated/α-hetero) is 1. The summed E-state index contributed by atoms with van der Waals surface area (Å²) in [5.74, 6) is -2.30. The number of benzene rings is 1. The molecule has 0 radical (unpaired) electrons. The Balaban J connectivity index is 2.88. The van der Waals surface area contributed by atoms with Crippen molar-refractivity contribution in [2.24, 2.45) is 0 Å². The van der Waals surface area contributed by atoms with Crippen LogP contribution in [0.3, 0.4) is 0 Å². The van der Waals surface area contributed by atoms with Crippen molar-refractivity contribution in [3.8, 4) is 0 Å². The number of halogens is 3. The fourth-order valence-electron chi connectivity index (χ4n) is 1.19. The molecule has 1 aromatic rings. The standard InChI is InChI=1S/C11H9F3O/c1-7-4-2-3-5-8(7)10(15)6-9(12)11(13)14/h2-5H,6H2,1H3. The van der Waals surface area contributed by atoms with Gasteiger partial charge in [-0.25, -0.2) is 4.39 Å². The van der Waals surface area contributed by atoms with E-state index in [1.807, 2.05) is 0 Å². The van der Waals surface area contributed by atoms with E-state index in [0.29, 0.717) is 5.56 Å². The maximum absolute atomic E-state index is 12.5. The average Bonchev–Trinajstić information content (AvgIpc) is 2.18. The summed E-state index contributed by atoms with van der Waals surface area (Å²) in [6, 6.07) is 6.48. The molecule has 1 rings (SSSR count). The first-order valence-corrected chi connectivity index (χ1v) is 4.31. The minimum absolute atomic E-state index is 0.272. The van der Waals surface area contributed by atoms with Crippen LogP contribution >= 0.6 is 0 Å². The Morgan fingerprint density at radius 1 is 1.20 bits per heavy atom. The number of hydrogen-bond donors (Lipinski definition) is 0. The molecule has 4 heteroatoms. The summed E-state index contributed by atoms with van der Waals surface area (Å²) < 4.78 is 36.0. The van der Waals surface area contributed by atoms with Gasteiger partial charge < -0.3 is 0 Å². The van der Waals surface area contributed by atoms with Crippen LogP contribution in [0.5, 0.6) is 0 Å². The predicted molar refractivity (Wildman–Crippen MR) is 50.5 cm³/mol. The van der Waals surface area contributed by atoms with Crippen LogP contribution in [0.2, 0.25) is 0 Å². The highest BCUT2D eigenvalue weighted by Crippen LogP contribution is 2.18. The second-order valence-corrected chi connectivity index (χ2v) is 3.08. The number of aryl methyl sites for hydroxylation is 1. The first-order chi connectivity index (χ1) is 7.02. The second-order valence-electron chi connectivity index (χ2n) is 3.08. The van der Waals surface area contributed by atoms with Gasteiger partial charge in [0, 0.05) is 5.56 Å². The van der Waals surface area contributed by atoms with Gasteiger partial charge in [-0.2, -0.15) is 8.78 Å². The molecule has 0 aliphatic carbocycles. The molecule has 0 unspecified atom stereocenters. The summed E-state index contributed by atoms with van der Waals surface area (Å²) in [5.41, 5.74) is 0.920. The van der Waals surface area contributed by atoms with Gasteiger partial charge in [0.25, 0.3) is 0 Å². The highest BCUT2D eigenvalue weighted by Gasteiger charge is 2.14. The fraction of sp³-hybridized carbons (Fsp3) is 0.182. The monoisotopic (exact) mass is 214 g/mol. The van der Waals surface area contributed by atoms with Crippen molar-refractivity contribution in [1.82, 2.24) is 0 Å². The second kappa shape index (κ2) is 4.77. The average molecular weight is 214 g/mol. The van der Waals surface area contributed by atoms with Crippen LogP contribution in [0.1, 0.15) is 22.3 Å². The Kier molecular flexibility index (Phi) is 3.66. The molecule has 80 valence electrons. The van der Waals surface area contributed by atoms with Crippen LogP contribution in [-0.2, 0) is 0 Å². The molecule has 0 aliphatic rings. The van der Waals surface area contributed by atoms with Gasteiger partial charge >= 0.3 is 6.08 Å². The summed E-state index contributed by atoms with van der Waals surface area (Å²) in [6.45, 7) is 1.67. The number of ketones is 1. The molecule has 0 atom stereocenters. The van der Waals surface area contributed by atoms with Gasteiger partial charge in [0.05, 0.1) is 6.42 Å². The first kappa shape index (κ1) is 11.5. The van der Waals surface area contributed by atoms with Gasteiger partial charge in [-0.05, 0) is 12.5 Å². The van der Waals surface area contributed by atoms with Crippen LogP contribution in [0.25, 0.3) is 0 Å². The summed E-state index contributed by atoms with van der Waals surface area (Å²) in [6.07, 6.45) is -3.32. The number of carbonyl (C=O) groups is 1. The highest BCUT2D eigenvalue weighted by molar-refractivity contribution is 5.98. The minimum Gasteiger partial charge on any atom is -0.294 e. The summed E-state index contributed by atoms with van der Waals surface area (Å²) in [5, 5.41) is 0. The molecule has 0 saturated heterocycles. The molecule has 0 bridgehead atoms. The molecule has 1 nitrogen and oxygen atoms in total. The maximum Gasteiger partial charge on any atom is 0.301 e. The van der Waals surface area contributed by atoms with E-state index in [4.69, 9.17) is 0 Å². The van der Waals surface area contributed by atoms with Crippen molar-refractivity contribution >= 4 is 5.78 Å². The lowest BCUT2D eigenvalue weighted by Gasteiger charge is -2.02. The predicted octanol–water partition coefficient (Wildman–Crippen LogP) is 3.65. The fourth-order valence-corrected chi connectivity index (χ4v) is 1.19. The smallest absolute Gasteiger partial charge is 0.294 e. The lowest BCUT2D eigenvalue weighted by Crippen LogP contribution is -2.01. The SMILES string of the molecule is Cc1ccccc1C(=O)CC(F)=C(F)F. The van der Waals surface area contributed by atoms with Crippen LogP contribution in [0, 0.1) is 6.92 Å². The zero-order valence-corrected chi connectivity index (χ0v) is 8.06.